The first kappa shape index (κ1) is 14.3. The van der Waals surface area contributed by atoms with Crippen molar-refractivity contribution in [2.75, 3.05) is 13.2 Å². The molecule has 2 aromatic rings. The van der Waals surface area contributed by atoms with Crippen LogP contribution in [0, 0.1) is 0 Å². The van der Waals surface area contributed by atoms with Gasteiger partial charge < -0.3 is 9.47 Å². The predicted molar refractivity (Wildman–Crippen MR) is 78.0 cm³/mol. The Kier molecular flexibility index (Phi) is 5.33. The number of rotatable bonds is 7. The molecular formula is C17H18O3. The Morgan fingerprint density at radius 3 is 2.35 bits per heavy atom. The van der Waals surface area contributed by atoms with E-state index in [9.17, 15) is 4.79 Å². The zero-order chi connectivity index (χ0) is 14.2. The summed E-state index contributed by atoms with van der Waals surface area (Å²) < 4.78 is 10.8. The highest BCUT2D eigenvalue weighted by atomic mass is 16.5. The Balaban J connectivity index is 1.86. The van der Waals surface area contributed by atoms with Crippen LogP contribution in [0.3, 0.4) is 0 Å². The van der Waals surface area contributed by atoms with E-state index in [0.717, 1.165) is 5.56 Å². The molecule has 104 valence electrons. The highest BCUT2D eigenvalue weighted by Crippen LogP contribution is 2.13. The summed E-state index contributed by atoms with van der Waals surface area (Å²) in [5, 5.41) is 0. The van der Waals surface area contributed by atoms with Gasteiger partial charge in [-0.1, -0.05) is 42.5 Å². The second-order valence-electron chi connectivity index (χ2n) is 4.36. The third-order valence-electron chi connectivity index (χ3n) is 2.86. The van der Waals surface area contributed by atoms with Gasteiger partial charge in [-0.05, 0) is 24.6 Å². The van der Waals surface area contributed by atoms with Crippen LogP contribution in [-0.4, -0.2) is 19.0 Å². The van der Waals surface area contributed by atoms with E-state index >= 15 is 0 Å². The molecule has 2 rings (SSSR count). The second kappa shape index (κ2) is 7.46. The molecule has 0 aliphatic heterocycles. The van der Waals surface area contributed by atoms with Crippen molar-refractivity contribution >= 4 is 5.78 Å². The number of hydrogen-bond donors (Lipinski definition) is 0. The highest BCUT2D eigenvalue weighted by molar-refractivity contribution is 5.97. The van der Waals surface area contributed by atoms with E-state index in [4.69, 9.17) is 9.47 Å². The van der Waals surface area contributed by atoms with E-state index in [-0.39, 0.29) is 12.4 Å². The number of hydrogen-bond acceptors (Lipinski definition) is 3. The molecule has 0 heterocycles. The first-order chi connectivity index (χ1) is 9.79. The molecular weight excluding hydrogens is 252 g/mol. The summed E-state index contributed by atoms with van der Waals surface area (Å²) in [5.74, 6) is 0.665. The summed E-state index contributed by atoms with van der Waals surface area (Å²) in [4.78, 5) is 11.9. The summed E-state index contributed by atoms with van der Waals surface area (Å²) in [6.45, 7) is 3.31. The minimum Gasteiger partial charge on any atom is -0.485 e. The number of carbonyl (C=O) groups excluding carboxylic acids is 1. The van der Waals surface area contributed by atoms with Crippen molar-refractivity contribution in [3.8, 4) is 5.75 Å². The first-order valence-electron chi connectivity index (χ1n) is 6.67. The Bertz CT molecular complexity index is 532. The Morgan fingerprint density at radius 1 is 1.00 bits per heavy atom. The molecule has 0 fully saturated rings. The summed E-state index contributed by atoms with van der Waals surface area (Å²) in [6, 6.07) is 16.7. The molecule has 0 bridgehead atoms. The number of ether oxygens (including phenoxy) is 2. The molecule has 0 aliphatic rings. The van der Waals surface area contributed by atoms with Gasteiger partial charge >= 0.3 is 0 Å². The van der Waals surface area contributed by atoms with Gasteiger partial charge in [0.25, 0.3) is 0 Å². The standard InChI is InChI=1S/C17H18O3/c1-2-19-12-14-8-10-16(11-9-14)20-13-17(18)15-6-4-3-5-7-15/h3-11H,2,12-13H2,1H3. The number of ketones is 1. The summed E-state index contributed by atoms with van der Waals surface area (Å²) in [5.41, 5.74) is 1.76. The van der Waals surface area contributed by atoms with Gasteiger partial charge in [0.15, 0.2) is 12.4 Å². The van der Waals surface area contributed by atoms with E-state index in [1.165, 1.54) is 0 Å². The molecule has 20 heavy (non-hydrogen) atoms. The van der Waals surface area contributed by atoms with Gasteiger partial charge in [0.1, 0.15) is 5.75 Å². The van der Waals surface area contributed by atoms with E-state index in [1.807, 2.05) is 49.4 Å². The Morgan fingerprint density at radius 2 is 1.70 bits per heavy atom. The largest absolute Gasteiger partial charge is 0.485 e. The number of Topliss-reactive ketones (excluding diaryl/α,β-unsaturated/α-hetero) is 1. The molecule has 2 aromatic carbocycles. The van der Waals surface area contributed by atoms with Crippen molar-refractivity contribution in [3.05, 3.63) is 65.7 Å². The second-order valence-corrected chi connectivity index (χ2v) is 4.36. The van der Waals surface area contributed by atoms with Crippen LogP contribution in [0.2, 0.25) is 0 Å². The Labute approximate surface area is 119 Å². The molecule has 3 nitrogen and oxygen atoms in total. The summed E-state index contributed by atoms with van der Waals surface area (Å²) in [6.07, 6.45) is 0. The lowest BCUT2D eigenvalue weighted by Crippen LogP contribution is -2.11. The van der Waals surface area contributed by atoms with Crippen LogP contribution >= 0.6 is 0 Å². The van der Waals surface area contributed by atoms with Crippen LogP contribution in [0.15, 0.2) is 54.6 Å². The zero-order valence-corrected chi connectivity index (χ0v) is 11.5. The molecule has 0 spiro atoms. The maximum absolute atomic E-state index is 11.9. The van der Waals surface area contributed by atoms with E-state index in [2.05, 4.69) is 0 Å². The minimum absolute atomic E-state index is 0.0241. The molecule has 0 unspecified atom stereocenters. The summed E-state index contributed by atoms with van der Waals surface area (Å²) in [7, 11) is 0. The maximum atomic E-state index is 11.9. The van der Waals surface area contributed by atoms with E-state index in [1.54, 1.807) is 12.1 Å². The van der Waals surface area contributed by atoms with Crippen molar-refractivity contribution in [2.45, 2.75) is 13.5 Å². The van der Waals surface area contributed by atoms with Gasteiger partial charge in [-0.3, -0.25) is 4.79 Å². The molecule has 0 radical (unpaired) electrons. The third-order valence-corrected chi connectivity index (χ3v) is 2.86. The van der Waals surface area contributed by atoms with Gasteiger partial charge in [-0.15, -0.1) is 0 Å². The molecule has 0 N–H and O–H groups in total. The average molecular weight is 270 g/mol. The predicted octanol–water partition coefficient (Wildman–Crippen LogP) is 3.48. The van der Waals surface area contributed by atoms with Gasteiger partial charge in [0.2, 0.25) is 0 Å². The van der Waals surface area contributed by atoms with Crippen molar-refractivity contribution < 1.29 is 14.3 Å². The lowest BCUT2D eigenvalue weighted by atomic mass is 10.1. The van der Waals surface area contributed by atoms with Gasteiger partial charge in [-0.25, -0.2) is 0 Å². The molecule has 0 saturated heterocycles. The zero-order valence-electron chi connectivity index (χ0n) is 11.5. The topological polar surface area (TPSA) is 35.5 Å². The highest BCUT2D eigenvalue weighted by Gasteiger charge is 2.05. The average Bonchev–Trinajstić information content (AvgIpc) is 2.52. The van der Waals surface area contributed by atoms with Gasteiger partial charge in [0.05, 0.1) is 6.61 Å². The van der Waals surface area contributed by atoms with Crippen LogP contribution in [0.4, 0.5) is 0 Å². The normalized spacial score (nSPS) is 10.2. The minimum atomic E-state index is -0.0241. The van der Waals surface area contributed by atoms with Crippen LogP contribution in [-0.2, 0) is 11.3 Å². The quantitative estimate of drug-likeness (QED) is 0.722. The monoisotopic (exact) mass is 270 g/mol. The Hall–Kier alpha value is -2.13. The summed E-state index contributed by atoms with van der Waals surface area (Å²) >= 11 is 0. The smallest absolute Gasteiger partial charge is 0.200 e. The van der Waals surface area contributed by atoms with Crippen molar-refractivity contribution in [1.82, 2.24) is 0 Å². The van der Waals surface area contributed by atoms with Crippen LogP contribution < -0.4 is 4.74 Å². The number of benzene rings is 2. The van der Waals surface area contributed by atoms with Crippen molar-refractivity contribution in [1.29, 1.82) is 0 Å². The third kappa shape index (κ3) is 4.21. The van der Waals surface area contributed by atoms with Crippen LogP contribution in [0.5, 0.6) is 5.75 Å². The van der Waals surface area contributed by atoms with Gasteiger partial charge in [0, 0.05) is 12.2 Å². The first-order valence-corrected chi connectivity index (χ1v) is 6.67. The maximum Gasteiger partial charge on any atom is 0.200 e. The molecule has 0 amide bonds. The van der Waals surface area contributed by atoms with Crippen LogP contribution in [0.25, 0.3) is 0 Å². The molecule has 0 aliphatic carbocycles. The van der Waals surface area contributed by atoms with Crippen molar-refractivity contribution in [2.24, 2.45) is 0 Å². The van der Waals surface area contributed by atoms with Gasteiger partial charge in [-0.2, -0.15) is 0 Å². The lowest BCUT2D eigenvalue weighted by Gasteiger charge is -2.07. The fourth-order valence-corrected chi connectivity index (χ4v) is 1.76. The molecule has 0 aromatic heterocycles. The lowest BCUT2D eigenvalue weighted by molar-refractivity contribution is 0.0921. The fourth-order valence-electron chi connectivity index (χ4n) is 1.76. The van der Waals surface area contributed by atoms with Crippen LogP contribution in [0.1, 0.15) is 22.8 Å². The SMILES string of the molecule is CCOCc1ccc(OCC(=O)c2ccccc2)cc1. The molecule has 0 atom stereocenters. The van der Waals surface area contributed by atoms with Crippen molar-refractivity contribution in [3.63, 3.8) is 0 Å². The molecule has 3 heteroatoms. The molecule has 0 saturated carbocycles. The fraction of sp³-hybridized carbons (Fsp3) is 0.235. The number of carbonyl (C=O) groups is 1. The van der Waals surface area contributed by atoms with E-state index < -0.39 is 0 Å². The van der Waals surface area contributed by atoms with E-state index in [0.29, 0.717) is 24.5 Å².